The van der Waals surface area contributed by atoms with E-state index in [2.05, 4.69) is 20.7 Å². The van der Waals surface area contributed by atoms with E-state index in [-0.39, 0.29) is 4.90 Å². The smallest absolute Gasteiger partial charge is 0.264 e. The molecule has 1 N–H and O–H groups in total. The monoisotopic (exact) mass is 385 g/mol. The second kappa shape index (κ2) is 5.40. The van der Waals surface area contributed by atoms with Crippen molar-refractivity contribution in [1.82, 2.24) is 0 Å². The van der Waals surface area contributed by atoms with Crippen LogP contribution in [0.4, 0.5) is 10.1 Å². The lowest BCUT2D eigenvalue weighted by atomic mass is 10.2. The SMILES string of the molecule is O=S(=O)(Nc1ccc2sccc2c1)c1ccc(Br)cc1F. The molecule has 3 aromatic rings. The first-order chi connectivity index (χ1) is 9.95. The van der Waals surface area contributed by atoms with Gasteiger partial charge in [0, 0.05) is 14.9 Å². The van der Waals surface area contributed by atoms with Crippen molar-refractivity contribution in [2.24, 2.45) is 0 Å². The van der Waals surface area contributed by atoms with Gasteiger partial charge in [0.1, 0.15) is 10.7 Å². The van der Waals surface area contributed by atoms with Gasteiger partial charge in [0.25, 0.3) is 10.0 Å². The largest absolute Gasteiger partial charge is 0.280 e. The summed E-state index contributed by atoms with van der Waals surface area (Å²) in [5.41, 5.74) is 0.406. The van der Waals surface area contributed by atoms with Crippen LogP contribution >= 0.6 is 27.3 Å². The molecule has 2 aromatic carbocycles. The molecule has 1 heterocycles. The maximum absolute atomic E-state index is 13.8. The molecule has 0 aliphatic carbocycles. The van der Waals surface area contributed by atoms with Crippen LogP contribution in [0.15, 0.2) is 57.2 Å². The van der Waals surface area contributed by atoms with Gasteiger partial charge in [-0.25, -0.2) is 12.8 Å². The molecule has 0 atom stereocenters. The molecule has 21 heavy (non-hydrogen) atoms. The summed E-state index contributed by atoms with van der Waals surface area (Å²) >= 11 is 4.67. The number of halogens is 2. The van der Waals surface area contributed by atoms with Crippen molar-refractivity contribution >= 4 is 53.1 Å². The van der Waals surface area contributed by atoms with Gasteiger partial charge in [0.05, 0.1) is 0 Å². The van der Waals surface area contributed by atoms with Crippen LogP contribution in [-0.4, -0.2) is 8.42 Å². The molecule has 1 aromatic heterocycles. The summed E-state index contributed by atoms with van der Waals surface area (Å²) in [6, 6.07) is 10.9. The van der Waals surface area contributed by atoms with E-state index in [1.807, 2.05) is 17.5 Å². The molecule has 108 valence electrons. The van der Waals surface area contributed by atoms with Crippen molar-refractivity contribution in [2.45, 2.75) is 4.90 Å². The number of hydrogen-bond donors (Lipinski definition) is 1. The number of thiophene rings is 1. The molecule has 3 nitrogen and oxygen atoms in total. The molecule has 0 aliphatic heterocycles. The highest BCUT2D eigenvalue weighted by Gasteiger charge is 2.19. The minimum Gasteiger partial charge on any atom is -0.280 e. The molecule has 0 radical (unpaired) electrons. The van der Waals surface area contributed by atoms with Crippen LogP contribution < -0.4 is 4.72 Å². The minimum absolute atomic E-state index is 0.379. The van der Waals surface area contributed by atoms with Crippen LogP contribution in [0.3, 0.4) is 0 Å². The summed E-state index contributed by atoms with van der Waals surface area (Å²) in [5.74, 6) is -0.798. The highest BCUT2D eigenvalue weighted by molar-refractivity contribution is 9.10. The summed E-state index contributed by atoms with van der Waals surface area (Å²) in [4.78, 5) is -0.379. The third kappa shape index (κ3) is 2.95. The summed E-state index contributed by atoms with van der Waals surface area (Å²) in [6.07, 6.45) is 0. The van der Waals surface area contributed by atoms with Crippen LogP contribution in [0, 0.1) is 5.82 Å². The highest BCUT2D eigenvalue weighted by Crippen LogP contribution is 2.26. The molecule has 0 aliphatic rings. The molecule has 0 unspecified atom stereocenters. The number of anilines is 1. The summed E-state index contributed by atoms with van der Waals surface area (Å²) in [7, 11) is -3.95. The van der Waals surface area contributed by atoms with Crippen molar-refractivity contribution in [3.05, 3.63) is 58.1 Å². The Hall–Kier alpha value is -1.44. The predicted octanol–water partition coefficient (Wildman–Crippen LogP) is 4.60. The normalized spacial score (nSPS) is 11.7. The van der Waals surface area contributed by atoms with Gasteiger partial charge in [-0.3, -0.25) is 4.72 Å². The van der Waals surface area contributed by atoms with Gasteiger partial charge >= 0.3 is 0 Å². The standard InChI is InChI=1S/C14H9BrFNO2S2/c15-10-1-4-14(12(16)8-10)21(18,19)17-11-2-3-13-9(7-11)5-6-20-13/h1-8,17H. The van der Waals surface area contributed by atoms with Crippen LogP contribution in [0.25, 0.3) is 10.1 Å². The number of hydrogen-bond acceptors (Lipinski definition) is 3. The van der Waals surface area contributed by atoms with Crippen molar-refractivity contribution in [3.63, 3.8) is 0 Å². The minimum atomic E-state index is -3.95. The van der Waals surface area contributed by atoms with Gasteiger partial charge in [-0.2, -0.15) is 0 Å². The zero-order chi connectivity index (χ0) is 15.0. The number of sulfonamides is 1. The molecule has 0 amide bonds. The Kier molecular flexibility index (Phi) is 3.73. The Morgan fingerprint density at radius 3 is 2.67 bits per heavy atom. The quantitative estimate of drug-likeness (QED) is 0.715. The van der Waals surface area contributed by atoms with E-state index in [4.69, 9.17) is 0 Å². The Balaban J connectivity index is 1.98. The van der Waals surface area contributed by atoms with Gasteiger partial charge in [0.2, 0.25) is 0 Å². The topological polar surface area (TPSA) is 46.2 Å². The average molecular weight is 386 g/mol. The number of nitrogens with one attached hydrogen (secondary N) is 1. The molecule has 0 saturated carbocycles. The third-order valence-electron chi connectivity index (χ3n) is 2.89. The van der Waals surface area contributed by atoms with Crippen molar-refractivity contribution in [2.75, 3.05) is 4.72 Å². The van der Waals surface area contributed by atoms with Gasteiger partial charge in [-0.05, 0) is 53.2 Å². The lowest BCUT2D eigenvalue weighted by Crippen LogP contribution is -2.14. The second-order valence-corrected chi connectivity index (χ2v) is 7.87. The first-order valence-electron chi connectivity index (χ1n) is 5.91. The zero-order valence-electron chi connectivity index (χ0n) is 10.5. The van der Waals surface area contributed by atoms with Gasteiger partial charge in [-0.1, -0.05) is 15.9 Å². The third-order valence-corrected chi connectivity index (χ3v) is 5.69. The fourth-order valence-electron chi connectivity index (χ4n) is 1.93. The fourth-order valence-corrected chi connectivity index (χ4v) is 4.15. The number of fused-ring (bicyclic) bond motifs is 1. The highest BCUT2D eigenvalue weighted by atomic mass is 79.9. The lowest BCUT2D eigenvalue weighted by molar-refractivity contribution is 0.570. The number of rotatable bonds is 3. The fraction of sp³-hybridized carbons (Fsp3) is 0. The van der Waals surface area contributed by atoms with Crippen LogP contribution in [0.5, 0.6) is 0 Å². The summed E-state index contributed by atoms with van der Waals surface area (Å²) in [5, 5.41) is 2.87. The lowest BCUT2D eigenvalue weighted by Gasteiger charge is -2.09. The van der Waals surface area contributed by atoms with Crippen molar-refractivity contribution < 1.29 is 12.8 Å². The van der Waals surface area contributed by atoms with Crippen molar-refractivity contribution in [3.8, 4) is 0 Å². The maximum Gasteiger partial charge on any atom is 0.264 e. The predicted molar refractivity (Wildman–Crippen MR) is 86.7 cm³/mol. The van der Waals surface area contributed by atoms with E-state index < -0.39 is 15.8 Å². The van der Waals surface area contributed by atoms with Gasteiger partial charge in [0.15, 0.2) is 0 Å². The molecule has 0 saturated heterocycles. The van der Waals surface area contributed by atoms with Crippen molar-refractivity contribution in [1.29, 1.82) is 0 Å². The molecule has 0 bridgehead atoms. The van der Waals surface area contributed by atoms with E-state index >= 15 is 0 Å². The second-order valence-electron chi connectivity index (χ2n) is 4.35. The van der Waals surface area contributed by atoms with Gasteiger partial charge in [-0.15, -0.1) is 11.3 Å². The number of benzene rings is 2. The molecule has 7 heteroatoms. The molecule has 3 rings (SSSR count). The van der Waals surface area contributed by atoms with E-state index in [0.717, 1.165) is 16.2 Å². The van der Waals surface area contributed by atoms with Crippen LogP contribution in [0.2, 0.25) is 0 Å². The zero-order valence-corrected chi connectivity index (χ0v) is 13.7. The van der Waals surface area contributed by atoms with Gasteiger partial charge < -0.3 is 0 Å². The Morgan fingerprint density at radius 1 is 1.10 bits per heavy atom. The first-order valence-corrected chi connectivity index (χ1v) is 9.06. The molecule has 0 fully saturated rings. The molecular weight excluding hydrogens is 377 g/mol. The summed E-state index contributed by atoms with van der Waals surface area (Å²) in [6.45, 7) is 0. The Morgan fingerprint density at radius 2 is 1.90 bits per heavy atom. The average Bonchev–Trinajstić information content (AvgIpc) is 2.85. The van der Waals surface area contributed by atoms with E-state index in [0.29, 0.717) is 10.2 Å². The maximum atomic E-state index is 13.8. The van der Waals surface area contributed by atoms with Crippen LogP contribution in [-0.2, 0) is 10.0 Å². The first kappa shape index (κ1) is 14.5. The Labute approximate surface area is 133 Å². The van der Waals surface area contributed by atoms with E-state index in [1.165, 1.54) is 12.1 Å². The molecular formula is C14H9BrFNO2S2. The van der Waals surface area contributed by atoms with Crippen LogP contribution in [0.1, 0.15) is 0 Å². The van der Waals surface area contributed by atoms with E-state index in [1.54, 1.807) is 23.5 Å². The van der Waals surface area contributed by atoms with E-state index in [9.17, 15) is 12.8 Å². The Bertz CT molecular complexity index is 922. The molecule has 0 spiro atoms. The summed E-state index contributed by atoms with van der Waals surface area (Å²) < 4.78 is 42.2.